The number of pyridine rings is 1. The number of nitrogens with zero attached hydrogens (tertiary/aromatic N) is 2. The summed E-state index contributed by atoms with van der Waals surface area (Å²) in [6.07, 6.45) is 0. The number of hydrogen-bond acceptors (Lipinski definition) is 3. The number of rotatable bonds is 2. The molecule has 1 rings (SSSR count). The Morgan fingerprint density at radius 1 is 1.50 bits per heavy atom. The average Bonchev–Trinajstić information content (AvgIpc) is 2.04. The first-order chi connectivity index (χ1) is 5.61. The van der Waals surface area contributed by atoms with Crippen LogP contribution in [0.4, 0.5) is 5.82 Å². The van der Waals surface area contributed by atoms with Gasteiger partial charge in [-0.3, -0.25) is 0 Å². The van der Waals surface area contributed by atoms with Gasteiger partial charge in [-0.25, -0.2) is 0 Å². The van der Waals surface area contributed by atoms with Crippen LogP contribution in [-0.2, 0) is 0 Å². The van der Waals surface area contributed by atoms with E-state index in [2.05, 4.69) is 4.98 Å². The molecule has 0 aromatic carbocycles. The highest BCUT2D eigenvalue weighted by Crippen LogP contribution is 2.23. The van der Waals surface area contributed by atoms with Crippen molar-refractivity contribution < 1.29 is 4.92 Å². The van der Waals surface area contributed by atoms with Crippen LogP contribution in [0.2, 0.25) is 0 Å². The molecule has 12 heavy (non-hydrogen) atoms. The normalized spacial score (nSPS) is 10.2. The molecule has 0 saturated carbocycles. The molecule has 0 aliphatic carbocycles. The van der Waals surface area contributed by atoms with E-state index < -0.39 is 9.76 Å². The number of alkyl halides is 2. The van der Waals surface area contributed by atoms with Crippen LogP contribution in [-0.4, -0.2) is 9.91 Å². The molecular formula is C6H4Cl2N2O2. The van der Waals surface area contributed by atoms with Crippen molar-refractivity contribution in [3.05, 3.63) is 34.0 Å². The lowest BCUT2D eigenvalue weighted by atomic mass is 10.4. The number of halogens is 2. The molecule has 0 unspecified atom stereocenters. The van der Waals surface area contributed by atoms with Gasteiger partial charge in [0.25, 0.3) is 0 Å². The van der Waals surface area contributed by atoms with Crippen molar-refractivity contribution in [2.75, 3.05) is 0 Å². The second-order valence-corrected chi connectivity index (χ2v) is 3.07. The smallest absolute Gasteiger partial charge is 0.358 e. The zero-order chi connectivity index (χ0) is 9.14. The predicted molar refractivity (Wildman–Crippen MR) is 45.3 cm³/mol. The van der Waals surface area contributed by atoms with Crippen LogP contribution in [0.1, 0.15) is 10.5 Å². The van der Waals surface area contributed by atoms with Crippen LogP contribution in [0.5, 0.6) is 0 Å². The highest BCUT2D eigenvalue weighted by molar-refractivity contribution is 6.43. The van der Waals surface area contributed by atoms with Crippen molar-refractivity contribution in [3.63, 3.8) is 0 Å². The van der Waals surface area contributed by atoms with Crippen molar-refractivity contribution in [2.24, 2.45) is 0 Å². The van der Waals surface area contributed by atoms with E-state index in [1.165, 1.54) is 18.2 Å². The fraction of sp³-hybridized carbons (Fsp3) is 0.167. The van der Waals surface area contributed by atoms with Gasteiger partial charge in [0.2, 0.25) is 0 Å². The van der Waals surface area contributed by atoms with Crippen LogP contribution in [0.25, 0.3) is 0 Å². The maximum absolute atomic E-state index is 10.2. The molecule has 1 heterocycles. The van der Waals surface area contributed by atoms with E-state index in [0.29, 0.717) is 0 Å². The van der Waals surface area contributed by atoms with E-state index in [4.69, 9.17) is 23.2 Å². The third-order valence-electron chi connectivity index (χ3n) is 1.17. The Morgan fingerprint density at radius 3 is 2.67 bits per heavy atom. The minimum absolute atomic E-state index is 0.251. The van der Waals surface area contributed by atoms with E-state index in [9.17, 15) is 10.1 Å². The molecule has 0 aliphatic rings. The Bertz CT molecular complexity index is 303. The molecule has 1 aromatic rings. The third-order valence-corrected chi connectivity index (χ3v) is 1.61. The SMILES string of the molecule is O=[N+]([O-])c1cccc(C(Cl)Cl)n1. The highest BCUT2D eigenvalue weighted by atomic mass is 35.5. The zero-order valence-corrected chi connectivity index (χ0v) is 7.29. The zero-order valence-electron chi connectivity index (χ0n) is 5.78. The maximum atomic E-state index is 10.2. The van der Waals surface area contributed by atoms with E-state index in [1.807, 2.05) is 0 Å². The summed E-state index contributed by atoms with van der Waals surface area (Å²) in [4.78, 5) is 12.4. The van der Waals surface area contributed by atoms with Gasteiger partial charge in [0.1, 0.15) is 0 Å². The van der Waals surface area contributed by atoms with Crippen LogP contribution in [0.15, 0.2) is 18.2 Å². The lowest BCUT2D eigenvalue weighted by molar-refractivity contribution is -0.389. The molecule has 0 N–H and O–H groups in total. The molecule has 0 fully saturated rings. The summed E-state index contributed by atoms with van der Waals surface area (Å²) in [5.74, 6) is -0.251. The van der Waals surface area contributed by atoms with Gasteiger partial charge in [-0.1, -0.05) is 23.2 Å². The van der Waals surface area contributed by atoms with Gasteiger partial charge in [-0.15, -0.1) is 0 Å². The summed E-state index contributed by atoms with van der Waals surface area (Å²) >= 11 is 10.9. The average molecular weight is 207 g/mol. The van der Waals surface area contributed by atoms with Crippen LogP contribution in [0, 0.1) is 10.1 Å². The van der Waals surface area contributed by atoms with Crippen molar-refractivity contribution >= 4 is 29.0 Å². The van der Waals surface area contributed by atoms with Crippen molar-refractivity contribution in [1.82, 2.24) is 4.98 Å². The summed E-state index contributed by atoms with van der Waals surface area (Å²) in [6, 6.07) is 4.29. The molecule has 0 atom stereocenters. The van der Waals surface area contributed by atoms with Crippen molar-refractivity contribution in [3.8, 4) is 0 Å². The fourth-order valence-corrected chi connectivity index (χ4v) is 0.906. The molecule has 4 nitrogen and oxygen atoms in total. The molecule has 0 amide bonds. The molecule has 0 saturated heterocycles. The lowest BCUT2D eigenvalue weighted by Gasteiger charge is -1.95. The fourth-order valence-electron chi connectivity index (χ4n) is 0.663. The standard InChI is InChI=1S/C6H4Cl2N2O2/c7-6(8)4-2-1-3-5(9-4)10(11)12/h1-3,6H. The van der Waals surface area contributed by atoms with Crippen LogP contribution < -0.4 is 0 Å². The Balaban J connectivity index is 3.04. The van der Waals surface area contributed by atoms with E-state index >= 15 is 0 Å². The van der Waals surface area contributed by atoms with E-state index in [0.717, 1.165) is 0 Å². The largest absolute Gasteiger partial charge is 0.363 e. The maximum Gasteiger partial charge on any atom is 0.363 e. The van der Waals surface area contributed by atoms with Gasteiger partial charge in [0.05, 0.1) is 0 Å². The Morgan fingerprint density at radius 2 is 2.17 bits per heavy atom. The number of aromatic nitrogens is 1. The molecule has 6 heteroatoms. The summed E-state index contributed by atoms with van der Waals surface area (Å²) < 4.78 is 0. The number of nitro groups is 1. The lowest BCUT2D eigenvalue weighted by Crippen LogP contribution is -1.95. The van der Waals surface area contributed by atoms with Crippen molar-refractivity contribution in [1.29, 1.82) is 0 Å². The minimum atomic E-state index is -0.829. The van der Waals surface area contributed by atoms with Gasteiger partial charge >= 0.3 is 5.82 Å². The van der Waals surface area contributed by atoms with Gasteiger partial charge < -0.3 is 10.1 Å². The van der Waals surface area contributed by atoms with Gasteiger partial charge in [0.15, 0.2) is 10.5 Å². The van der Waals surface area contributed by atoms with Crippen LogP contribution in [0.3, 0.4) is 0 Å². The predicted octanol–water partition coefficient (Wildman–Crippen LogP) is 2.47. The molecular weight excluding hydrogens is 203 g/mol. The first-order valence-corrected chi connectivity index (χ1v) is 3.88. The topological polar surface area (TPSA) is 56.0 Å². The minimum Gasteiger partial charge on any atom is -0.358 e. The molecule has 1 aromatic heterocycles. The first-order valence-electron chi connectivity index (χ1n) is 3.01. The van der Waals surface area contributed by atoms with Gasteiger partial charge in [-0.05, 0) is 22.0 Å². The van der Waals surface area contributed by atoms with E-state index in [-0.39, 0.29) is 11.5 Å². The molecule has 0 bridgehead atoms. The quantitative estimate of drug-likeness (QED) is 0.425. The highest BCUT2D eigenvalue weighted by Gasteiger charge is 2.14. The summed E-state index contributed by atoms with van der Waals surface area (Å²) in [7, 11) is 0. The van der Waals surface area contributed by atoms with Crippen LogP contribution >= 0.6 is 23.2 Å². The third kappa shape index (κ3) is 2.06. The molecule has 0 aliphatic heterocycles. The monoisotopic (exact) mass is 206 g/mol. The second-order valence-electron chi connectivity index (χ2n) is 1.98. The molecule has 64 valence electrons. The summed E-state index contributed by atoms with van der Waals surface area (Å²) in [5.41, 5.74) is 0.285. The summed E-state index contributed by atoms with van der Waals surface area (Å²) in [6.45, 7) is 0. The molecule has 0 spiro atoms. The van der Waals surface area contributed by atoms with Crippen molar-refractivity contribution in [2.45, 2.75) is 4.84 Å². The first kappa shape index (κ1) is 9.22. The Hall–Kier alpha value is -0.870. The Labute approximate surface area is 78.3 Å². The summed E-state index contributed by atoms with van der Waals surface area (Å²) in [5, 5.41) is 10.2. The Kier molecular flexibility index (Phi) is 2.83. The van der Waals surface area contributed by atoms with Gasteiger partial charge in [0, 0.05) is 6.07 Å². The second kappa shape index (κ2) is 3.69. The number of hydrogen-bond donors (Lipinski definition) is 0. The molecule has 0 radical (unpaired) electrons. The van der Waals surface area contributed by atoms with E-state index in [1.54, 1.807) is 0 Å². The van der Waals surface area contributed by atoms with Gasteiger partial charge in [-0.2, -0.15) is 0 Å².